The van der Waals surface area contributed by atoms with E-state index in [4.69, 9.17) is 16.2 Å². The van der Waals surface area contributed by atoms with Gasteiger partial charge in [-0.05, 0) is 18.6 Å². The number of nitrogens with two attached hydrogens (primary N) is 2. The predicted octanol–water partition coefficient (Wildman–Crippen LogP) is 1.84. The number of hydrogen-bond donors (Lipinski definition) is 3. The van der Waals surface area contributed by atoms with E-state index >= 15 is 0 Å². The molecule has 0 radical (unpaired) electrons. The normalized spacial score (nSPS) is 20.4. The molecule has 8 nitrogen and oxygen atoms in total. The van der Waals surface area contributed by atoms with Crippen LogP contribution in [0.25, 0.3) is 5.57 Å². The summed E-state index contributed by atoms with van der Waals surface area (Å²) in [6, 6.07) is 2.83. The number of aliphatic imine (C=N–C) groups is 2. The number of halogens is 2. The molecule has 2 aliphatic rings. The minimum absolute atomic E-state index is 0.0214. The van der Waals surface area contributed by atoms with Crippen LogP contribution in [0.3, 0.4) is 0 Å². The van der Waals surface area contributed by atoms with Gasteiger partial charge >= 0.3 is 0 Å². The molecule has 1 unspecified atom stereocenters. The van der Waals surface area contributed by atoms with Gasteiger partial charge in [-0.25, -0.2) is 13.8 Å². The Kier molecular flexibility index (Phi) is 7.57. The molecule has 32 heavy (non-hydrogen) atoms. The summed E-state index contributed by atoms with van der Waals surface area (Å²) in [6.45, 7) is 3.48. The second-order valence-corrected chi connectivity index (χ2v) is 7.62. The lowest BCUT2D eigenvalue weighted by Gasteiger charge is -2.31. The topological polar surface area (TPSA) is 118 Å². The first kappa shape index (κ1) is 23.4. The second kappa shape index (κ2) is 10.4. The number of nitrogens with zero attached hydrogens (tertiary/aromatic N) is 3. The lowest BCUT2D eigenvalue weighted by atomic mass is 10.0. The molecule has 10 heteroatoms. The lowest BCUT2D eigenvalue weighted by Crippen LogP contribution is -2.43. The van der Waals surface area contributed by atoms with Crippen molar-refractivity contribution in [3.63, 3.8) is 0 Å². The van der Waals surface area contributed by atoms with Crippen molar-refractivity contribution in [2.45, 2.75) is 25.8 Å². The SMILES string of the molecule is CN=CC(=CN)c1ccc(N=C(N)C2=C(NC3CCOC3)CCN(C(C)=O)C2)c(F)c1F. The van der Waals surface area contributed by atoms with Gasteiger partial charge in [-0.1, -0.05) is 0 Å². The largest absolute Gasteiger partial charge is 0.404 e. The first-order valence-corrected chi connectivity index (χ1v) is 10.3. The number of nitrogens with one attached hydrogen (secondary N) is 1. The van der Waals surface area contributed by atoms with E-state index in [1.165, 1.54) is 32.3 Å². The quantitative estimate of drug-likeness (QED) is 0.455. The number of amidine groups is 1. The summed E-state index contributed by atoms with van der Waals surface area (Å²) in [7, 11) is 1.50. The van der Waals surface area contributed by atoms with E-state index in [1.54, 1.807) is 4.90 Å². The molecule has 0 aromatic heterocycles. The fraction of sp³-hybridized carbons (Fsp3) is 0.409. The van der Waals surface area contributed by atoms with Gasteiger partial charge in [0.15, 0.2) is 11.6 Å². The number of carbonyl (C=O) groups is 1. The van der Waals surface area contributed by atoms with Crippen molar-refractivity contribution < 1.29 is 18.3 Å². The van der Waals surface area contributed by atoms with Crippen LogP contribution in [0.15, 0.2) is 39.6 Å². The van der Waals surface area contributed by atoms with Crippen LogP contribution in [0.2, 0.25) is 0 Å². The van der Waals surface area contributed by atoms with Crippen LogP contribution in [-0.2, 0) is 9.53 Å². The van der Waals surface area contributed by atoms with Crippen LogP contribution in [-0.4, -0.2) is 62.3 Å². The van der Waals surface area contributed by atoms with Crippen molar-refractivity contribution in [1.29, 1.82) is 0 Å². The molecule has 2 heterocycles. The van der Waals surface area contributed by atoms with Crippen LogP contribution in [0, 0.1) is 11.6 Å². The highest BCUT2D eigenvalue weighted by Gasteiger charge is 2.26. The highest BCUT2D eigenvalue weighted by atomic mass is 19.2. The molecular formula is C22H28F2N6O2. The Balaban J connectivity index is 1.97. The highest BCUT2D eigenvalue weighted by molar-refractivity contribution is 6.09. The Morgan fingerprint density at radius 3 is 2.75 bits per heavy atom. The molecule has 1 aromatic carbocycles. The number of allylic oxidation sites excluding steroid dienone is 1. The number of rotatable bonds is 6. The second-order valence-electron chi connectivity index (χ2n) is 7.62. The Hall–Kier alpha value is -3.27. The fourth-order valence-corrected chi connectivity index (χ4v) is 3.71. The van der Waals surface area contributed by atoms with Gasteiger partial charge in [0.05, 0.1) is 19.2 Å². The minimum Gasteiger partial charge on any atom is -0.404 e. The third kappa shape index (κ3) is 5.13. The maximum atomic E-state index is 14.8. The van der Waals surface area contributed by atoms with Crippen LogP contribution in [0.5, 0.6) is 0 Å². The van der Waals surface area contributed by atoms with E-state index in [9.17, 15) is 13.6 Å². The number of ether oxygens (including phenoxy) is 1. The van der Waals surface area contributed by atoms with Crippen LogP contribution in [0.1, 0.15) is 25.3 Å². The molecule has 1 aromatic rings. The third-order valence-corrected chi connectivity index (χ3v) is 5.47. The van der Waals surface area contributed by atoms with E-state index < -0.39 is 11.6 Å². The van der Waals surface area contributed by atoms with Gasteiger partial charge in [0.1, 0.15) is 11.5 Å². The molecule has 1 atom stereocenters. The summed E-state index contributed by atoms with van der Waals surface area (Å²) in [5, 5.41) is 3.42. The van der Waals surface area contributed by atoms with Crippen molar-refractivity contribution in [3.05, 3.63) is 46.8 Å². The van der Waals surface area contributed by atoms with Crippen molar-refractivity contribution in [3.8, 4) is 0 Å². The minimum atomic E-state index is -1.15. The van der Waals surface area contributed by atoms with Gasteiger partial charge in [-0.15, -0.1) is 0 Å². The van der Waals surface area contributed by atoms with Gasteiger partial charge in [-0.3, -0.25) is 9.79 Å². The molecule has 0 spiro atoms. The number of hydrogen-bond acceptors (Lipinski definition) is 6. The average molecular weight is 447 g/mol. The Morgan fingerprint density at radius 2 is 2.12 bits per heavy atom. The molecule has 1 fully saturated rings. The van der Waals surface area contributed by atoms with Crippen LogP contribution < -0.4 is 16.8 Å². The summed E-state index contributed by atoms with van der Waals surface area (Å²) in [5.74, 6) is -2.32. The number of benzene rings is 1. The van der Waals surface area contributed by atoms with Gasteiger partial charge in [0.25, 0.3) is 0 Å². The summed E-state index contributed by atoms with van der Waals surface area (Å²) in [5.41, 5.74) is 13.1. The van der Waals surface area contributed by atoms with E-state index in [2.05, 4.69) is 15.3 Å². The van der Waals surface area contributed by atoms with E-state index in [-0.39, 0.29) is 41.2 Å². The van der Waals surface area contributed by atoms with Gasteiger partial charge in [0, 0.05) is 68.4 Å². The zero-order chi connectivity index (χ0) is 23.3. The van der Waals surface area contributed by atoms with E-state index in [0.717, 1.165) is 18.3 Å². The number of amides is 1. The van der Waals surface area contributed by atoms with Crippen molar-refractivity contribution in [2.75, 3.05) is 33.4 Å². The molecule has 2 aliphatic heterocycles. The van der Waals surface area contributed by atoms with Crippen LogP contribution in [0.4, 0.5) is 14.5 Å². The smallest absolute Gasteiger partial charge is 0.219 e. The predicted molar refractivity (Wildman–Crippen MR) is 120 cm³/mol. The van der Waals surface area contributed by atoms with Gasteiger partial charge in [0.2, 0.25) is 5.91 Å². The number of carbonyl (C=O) groups excluding carboxylic acids is 1. The molecule has 0 aliphatic carbocycles. The van der Waals surface area contributed by atoms with Crippen molar-refractivity contribution in [2.24, 2.45) is 21.5 Å². The first-order chi connectivity index (χ1) is 15.3. The maximum Gasteiger partial charge on any atom is 0.219 e. The van der Waals surface area contributed by atoms with Gasteiger partial charge < -0.3 is 26.4 Å². The summed E-state index contributed by atoms with van der Waals surface area (Å²) in [6.07, 6.45) is 3.89. The maximum absolute atomic E-state index is 14.8. The molecule has 1 amide bonds. The van der Waals surface area contributed by atoms with Gasteiger partial charge in [-0.2, -0.15) is 0 Å². The van der Waals surface area contributed by atoms with Crippen LogP contribution >= 0.6 is 0 Å². The summed E-state index contributed by atoms with van der Waals surface area (Å²) >= 11 is 0. The summed E-state index contributed by atoms with van der Waals surface area (Å²) < 4.78 is 34.9. The molecule has 172 valence electrons. The summed E-state index contributed by atoms with van der Waals surface area (Å²) in [4.78, 5) is 21.5. The molecule has 0 bridgehead atoms. The Morgan fingerprint density at radius 1 is 1.34 bits per heavy atom. The van der Waals surface area contributed by atoms with E-state index in [1.807, 2.05) is 0 Å². The average Bonchev–Trinajstić information content (AvgIpc) is 3.29. The first-order valence-electron chi connectivity index (χ1n) is 10.3. The molecule has 0 saturated carbocycles. The fourth-order valence-electron chi connectivity index (χ4n) is 3.71. The Labute approximate surface area is 185 Å². The standard InChI is InChI=1S/C22H28F2N6O2/c1-13(31)30-7-5-18(28-15-6-8-32-12-15)17(11-30)22(26)29-19-4-3-16(20(23)21(19)24)14(9-25)10-27-2/h3-4,9-10,15,28H,5-8,11-12,25H2,1-2H3,(H2,26,29). The molecule has 1 saturated heterocycles. The molecule has 3 rings (SSSR count). The third-order valence-electron chi connectivity index (χ3n) is 5.47. The van der Waals surface area contributed by atoms with Crippen molar-refractivity contribution in [1.82, 2.24) is 10.2 Å². The van der Waals surface area contributed by atoms with Crippen molar-refractivity contribution >= 4 is 29.2 Å². The lowest BCUT2D eigenvalue weighted by molar-refractivity contribution is -0.128. The zero-order valence-corrected chi connectivity index (χ0v) is 18.2. The molecule has 5 N–H and O–H groups in total. The molecular weight excluding hydrogens is 418 g/mol. The Bertz CT molecular complexity index is 996. The zero-order valence-electron chi connectivity index (χ0n) is 18.2. The monoisotopic (exact) mass is 446 g/mol. The van der Waals surface area contributed by atoms with E-state index in [0.29, 0.717) is 31.8 Å². The highest BCUT2D eigenvalue weighted by Crippen LogP contribution is 2.28.